The minimum absolute atomic E-state index is 0.0519. The Hall–Kier alpha value is -10.5. The van der Waals surface area contributed by atoms with Crippen molar-refractivity contribution in [3.05, 3.63) is 131 Å². The van der Waals surface area contributed by atoms with Crippen molar-refractivity contribution in [3.8, 4) is 0 Å². The quantitative estimate of drug-likeness (QED) is 0.0583. The van der Waals surface area contributed by atoms with E-state index >= 15 is 0 Å². The molecule has 9 N–H and O–H groups in total. The van der Waals surface area contributed by atoms with Gasteiger partial charge in [-0.05, 0) is 209 Å². The molecule has 3 fully saturated rings. The maximum Gasteiger partial charge on any atom is 0.316 e. The van der Waals surface area contributed by atoms with Gasteiger partial charge in [0.1, 0.15) is 36.3 Å². The lowest BCUT2D eigenvalue weighted by molar-refractivity contribution is -0.169. The molecule has 3 aromatic carbocycles. The molecule has 29 heteroatoms. The van der Waals surface area contributed by atoms with E-state index in [-0.39, 0.29) is 83.2 Å². The van der Waals surface area contributed by atoms with Crippen LogP contribution < -0.4 is 48.2 Å². The highest BCUT2D eigenvalue weighted by molar-refractivity contribution is 5.95. The Kier molecular flexibility index (Phi) is 33.0. The van der Waals surface area contributed by atoms with Crippen LogP contribution in [0.15, 0.2) is 97.1 Å². The molecule has 5 aromatic rings. The molecule has 0 spiro atoms. The summed E-state index contributed by atoms with van der Waals surface area (Å²) in [5.74, 6) is -5.91. The summed E-state index contributed by atoms with van der Waals surface area (Å²) in [7, 11) is 0. The fourth-order valence-corrected chi connectivity index (χ4v) is 15.1. The highest BCUT2D eigenvalue weighted by Crippen LogP contribution is 2.34. The van der Waals surface area contributed by atoms with E-state index in [0.717, 1.165) is 62.6 Å². The number of allylic oxidation sites excluding steroid dienone is 1. The summed E-state index contributed by atoms with van der Waals surface area (Å²) in [6, 6.07) is 22.3. The Morgan fingerprint density at radius 3 is 1.33 bits per heavy atom. The molecular weight excluding hydrogens is 1540 g/mol. The second kappa shape index (κ2) is 42.3. The fraction of sp³-hybridized carbons (Fsp3) is 0.565. The molecule has 14 bridgehead atoms. The van der Waals surface area contributed by atoms with E-state index in [4.69, 9.17) is 24.2 Å². The number of esters is 3. The molecule has 16 atom stereocenters. The third-order valence-corrected chi connectivity index (χ3v) is 24.1. The standard InChI is InChI=1S/C31H43N5O5.C31H41N5O5.C30H44N4O5/c2*1-7-31(6)15-14-21-10-11-22-12-13-23(34-25(22)17-21)19(4)32-27(37)24-9-8-16-36(35-24)29(39)20(5)33-28(38)26(18(2)3)41-30(31)40;1-18(2)26-28(36)32-22(6)29(37)34-16-10-15-25(33-34)27(35)31-21(5)24-14-9-13-23(17-24)12-8-7-11-19(3)20(4)30(38)39-26/h10-13,17-20,24,26,35H,7-9,14-16H2,1-6H3,(H,32,37)(H,33,38);10-15,17-20,24,26,35H,7-9,16H2,1-6H3,(H,32,37)(H,33,38);8-9,12-14,17-22,25-26,33H,7,10-11,15-16H2,1-6H3,(H,31,35)(H,32,36)/b;15-14+;12-8+/t2*19-,20+,24+,26+,31+;19-,20-,21-,22+,25+,26+/m111/s1. The van der Waals surface area contributed by atoms with Gasteiger partial charge >= 0.3 is 17.9 Å². The largest absolute Gasteiger partial charge is 0.452 e. The average Bonchev–Trinajstić information content (AvgIpc) is 1.57. The number of aryl methyl sites for hydroxylation is 1. The molecule has 9 amide bonds. The zero-order chi connectivity index (χ0) is 88.5. The maximum atomic E-state index is 13.5. The lowest BCUT2D eigenvalue weighted by Gasteiger charge is -2.35. The van der Waals surface area contributed by atoms with Gasteiger partial charge in [0, 0.05) is 30.4 Å². The minimum Gasteiger partial charge on any atom is -0.452 e. The maximum absolute atomic E-state index is 13.5. The monoisotopic (exact) mass is 1670 g/mol. The van der Waals surface area contributed by atoms with E-state index in [1.165, 1.54) is 15.0 Å². The molecule has 11 rings (SSSR count). The molecule has 0 radical (unpaired) electrons. The van der Waals surface area contributed by atoms with Gasteiger partial charge in [-0.2, -0.15) is 0 Å². The topological polar surface area (TPSA) is 376 Å². The average molecular weight is 1670 g/mol. The number of fused-ring (bicyclic) bond motifs is 12. The summed E-state index contributed by atoms with van der Waals surface area (Å²) in [4.78, 5) is 168. The molecule has 6 aliphatic rings. The van der Waals surface area contributed by atoms with E-state index in [0.29, 0.717) is 89.5 Å². The fourth-order valence-electron chi connectivity index (χ4n) is 15.1. The lowest BCUT2D eigenvalue weighted by atomic mass is 9.81. The lowest BCUT2D eigenvalue weighted by Crippen LogP contribution is -2.61. The van der Waals surface area contributed by atoms with Crippen molar-refractivity contribution in [2.45, 2.75) is 274 Å². The summed E-state index contributed by atoms with van der Waals surface area (Å²) < 4.78 is 17.3. The Labute approximate surface area is 711 Å². The predicted octanol–water partition coefficient (Wildman–Crippen LogP) is 10.3. The summed E-state index contributed by atoms with van der Waals surface area (Å²) >= 11 is 0. The van der Waals surface area contributed by atoms with Crippen LogP contribution in [-0.2, 0) is 78.2 Å². The number of amides is 9. The van der Waals surface area contributed by atoms with Crippen LogP contribution in [0.4, 0.5) is 0 Å². The SMILES string of the molecule is CC(C)[C@@H]1OC(=O)[C@H](C)[C@H](C)CC/C=C/c2cccc(c2)[C@@H](C)NC(=O)[C@@H]2CCCN(N2)C(=O)[C@H](C)NC1=O.CC[C@@]1(C)/C=C/c2ccc3ccc(nc3c2)[C@@H](C)NC(=O)[C@@H]2CCCN(N2)C(=O)[C@H](C)NC(=O)[C@H](C(C)C)OC1=O.CC[C@@]1(C)CCc2ccc3ccc(nc3c2)[C@@H](C)NC(=O)[C@@H]2CCCN(N2)C(=O)[C@H](C)NC(=O)[C@H](C(C)C)OC1=O. The number of ether oxygens (including phenoxy) is 3. The number of benzene rings is 3. The number of rotatable bonds is 5. The molecule has 0 aliphatic carbocycles. The highest BCUT2D eigenvalue weighted by Gasteiger charge is 2.42. The van der Waals surface area contributed by atoms with Crippen LogP contribution >= 0.6 is 0 Å². The Bertz CT molecular complexity index is 4650. The van der Waals surface area contributed by atoms with E-state index in [1.54, 1.807) is 61.5 Å². The van der Waals surface area contributed by atoms with Gasteiger partial charge in [0.25, 0.3) is 35.4 Å². The molecular formula is C92H128N14O15. The Morgan fingerprint density at radius 1 is 0.446 bits per heavy atom. The summed E-state index contributed by atoms with van der Waals surface area (Å²) in [6.45, 7) is 33.8. The molecule has 0 saturated carbocycles. The minimum atomic E-state index is -1.08. The van der Waals surface area contributed by atoms with Crippen molar-refractivity contribution >= 4 is 105 Å². The van der Waals surface area contributed by atoms with Crippen LogP contribution in [0.1, 0.15) is 247 Å². The smallest absolute Gasteiger partial charge is 0.316 e. The van der Waals surface area contributed by atoms with Gasteiger partial charge in [-0.15, -0.1) is 0 Å². The van der Waals surface area contributed by atoms with Crippen molar-refractivity contribution < 1.29 is 71.7 Å². The number of hydrazine groups is 3. The van der Waals surface area contributed by atoms with Gasteiger partial charge in [0.2, 0.25) is 17.7 Å². The van der Waals surface area contributed by atoms with Gasteiger partial charge in [-0.3, -0.25) is 82.5 Å². The number of carbonyl (C=O) groups is 12. The molecule has 3 saturated heterocycles. The number of aromatic nitrogens is 2. The Morgan fingerprint density at radius 2 is 0.868 bits per heavy atom. The number of cyclic esters (lactones) is 3. The molecule has 2 aromatic heterocycles. The van der Waals surface area contributed by atoms with Gasteiger partial charge in [0.05, 0.1) is 57.3 Å². The Balaban J connectivity index is 0.000000206. The van der Waals surface area contributed by atoms with Gasteiger partial charge in [-0.25, -0.2) is 16.3 Å². The number of nitrogens with one attached hydrogen (secondary N) is 9. The molecule has 6 aliphatic heterocycles. The van der Waals surface area contributed by atoms with Crippen LogP contribution in [0.5, 0.6) is 0 Å². The first-order chi connectivity index (χ1) is 57.3. The predicted molar refractivity (Wildman–Crippen MR) is 461 cm³/mol. The van der Waals surface area contributed by atoms with Gasteiger partial charge in [-0.1, -0.05) is 148 Å². The van der Waals surface area contributed by atoms with E-state index < -0.39 is 101 Å². The van der Waals surface area contributed by atoms with Gasteiger partial charge in [0.15, 0.2) is 18.3 Å². The number of pyridine rings is 2. The zero-order valence-electron chi connectivity index (χ0n) is 73.7. The third-order valence-electron chi connectivity index (χ3n) is 24.1. The first kappa shape index (κ1) is 94.3. The van der Waals surface area contributed by atoms with Crippen molar-refractivity contribution in [1.29, 1.82) is 0 Å². The van der Waals surface area contributed by atoms with E-state index in [9.17, 15) is 57.5 Å². The summed E-state index contributed by atoms with van der Waals surface area (Å²) in [5.41, 5.74) is 14.2. The zero-order valence-corrected chi connectivity index (χ0v) is 73.7. The molecule has 8 heterocycles. The molecule has 0 unspecified atom stereocenters. The van der Waals surface area contributed by atoms with Crippen LogP contribution in [0.2, 0.25) is 0 Å². The van der Waals surface area contributed by atoms with Crippen molar-refractivity contribution in [2.24, 2.45) is 40.4 Å². The molecule has 29 nitrogen and oxygen atoms in total. The van der Waals surface area contributed by atoms with Crippen LogP contribution in [0.25, 0.3) is 34.0 Å². The third kappa shape index (κ3) is 24.7. The second-order valence-electron chi connectivity index (χ2n) is 35.0. The van der Waals surface area contributed by atoms with Crippen LogP contribution in [0, 0.1) is 40.4 Å². The normalized spacial score (nSPS) is 29.6. The highest BCUT2D eigenvalue weighted by atomic mass is 16.6. The number of hydrogen-bond donors (Lipinski definition) is 9. The van der Waals surface area contributed by atoms with Gasteiger partial charge < -0.3 is 46.1 Å². The van der Waals surface area contributed by atoms with Crippen molar-refractivity contribution in [3.63, 3.8) is 0 Å². The van der Waals surface area contributed by atoms with Crippen molar-refractivity contribution in [1.82, 2.24) is 73.2 Å². The molecule has 121 heavy (non-hydrogen) atoms. The second-order valence-corrected chi connectivity index (χ2v) is 35.0. The van der Waals surface area contributed by atoms with Crippen molar-refractivity contribution in [2.75, 3.05) is 19.6 Å². The van der Waals surface area contributed by atoms with E-state index in [1.807, 2.05) is 160 Å². The number of nitrogens with zero attached hydrogens (tertiary/aromatic N) is 5. The number of hydrogen-bond acceptors (Lipinski definition) is 20. The summed E-state index contributed by atoms with van der Waals surface area (Å²) in [5, 5.41) is 23.4. The molecule has 656 valence electrons. The number of carbonyl (C=O) groups excluding carboxylic acids is 12. The van der Waals surface area contributed by atoms with E-state index in [2.05, 4.69) is 60.3 Å². The van der Waals surface area contributed by atoms with Crippen LogP contribution in [-0.4, -0.2) is 170 Å². The first-order valence-electron chi connectivity index (χ1n) is 43.2. The summed E-state index contributed by atoms with van der Waals surface area (Å²) in [6.07, 6.45) is 12.0. The first-order valence-corrected chi connectivity index (χ1v) is 43.2. The van der Waals surface area contributed by atoms with Crippen LogP contribution in [0.3, 0.4) is 0 Å².